The number of sulfonamides is 1. The monoisotopic (exact) mass is 488 g/mol. The van der Waals surface area contributed by atoms with Crippen LogP contribution in [0.25, 0.3) is 0 Å². The van der Waals surface area contributed by atoms with E-state index in [1.54, 1.807) is 18.2 Å². The van der Waals surface area contributed by atoms with Crippen LogP contribution >= 0.6 is 0 Å². The summed E-state index contributed by atoms with van der Waals surface area (Å²) in [5, 5.41) is 2.12. The molecule has 33 heavy (non-hydrogen) atoms. The molecule has 0 aromatic heterocycles. The Balaban J connectivity index is 1.82. The summed E-state index contributed by atoms with van der Waals surface area (Å²) < 4.78 is 105. The van der Waals surface area contributed by atoms with Gasteiger partial charge in [0.15, 0.2) is 0 Å². The molecule has 0 radical (unpaired) electrons. The molecule has 0 heterocycles. The maximum absolute atomic E-state index is 13.3. The number of amides is 1. The summed E-state index contributed by atoms with van der Waals surface area (Å²) in [6.07, 6.45) is -10.2. The fourth-order valence-electron chi connectivity index (χ4n) is 2.79. The second-order valence-electron chi connectivity index (χ2n) is 6.71. The number of carbonyl (C=O) groups is 1. The SMILES string of the molecule is O=C(Nc1ccc(S(=O)(=O)Nc2ccccc2)cc1)c1ccc(C(F)(F)F)cc1C(F)(F)F. The summed E-state index contributed by atoms with van der Waals surface area (Å²) in [4.78, 5) is 12.2. The van der Waals surface area contributed by atoms with Crippen LogP contribution in [0.1, 0.15) is 21.5 Å². The summed E-state index contributed by atoms with van der Waals surface area (Å²) in [5.41, 5.74) is -4.07. The highest BCUT2D eigenvalue weighted by Crippen LogP contribution is 2.37. The molecule has 12 heteroatoms. The Bertz CT molecular complexity index is 1260. The molecule has 0 bridgehead atoms. The molecule has 0 spiro atoms. The van der Waals surface area contributed by atoms with Crippen molar-refractivity contribution in [2.75, 3.05) is 10.0 Å². The van der Waals surface area contributed by atoms with Crippen LogP contribution in [0, 0.1) is 0 Å². The zero-order valence-electron chi connectivity index (χ0n) is 16.3. The quantitative estimate of drug-likeness (QED) is 0.448. The molecule has 3 rings (SSSR count). The summed E-state index contributed by atoms with van der Waals surface area (Å²) in [6.45, 7) is 0. The van der Waals surface area contributed by atoms with Crippen molar-refractivity contribution in [2.45, 2.75) is 17.2 Å². The molecule has 0 aliphatic carbocycles. The fraction of sp³-hybridized carbons (Fsp3) is 0.0952. The van der Waals surface area contributed by atoms with E-state index in [1.165, 1.54) is 12.1 Å². The number of alkyl halides is 6. The number of anilines is 2. The smallest absolute Gasteiger partial charge is 0.322 e. The van der Waals surface area contributed by atoms with E-state index in [2.05, 4.69) is 10.0 Å². The Morgan fingerprint density at radius 3 is 1.88 bits per heavy atom. The highest BCUT2D eigenvalue weighted by Gasteiger charge is 2.39. The standard InChI is InChI=1S/C21H14F6N2O3S/c22-20(23,24)13-6-11-17(18(12-13)21(25,26)27)19(30)28-14-7-9-16(10-8-14)33(31,32)29-15-4-2-1-3-5-15/h1-12,29H,(H,28,30). The second-order valence-corrected chi connectivity index (χ2v) is 8.39. The number of para-hydroxylation sites is 1. The van der Waals surface area contributed by atoms with Gasteiger partial charge in [0, 0.05) is 11.4 Å². The van der Waals surface area contributed by atoms with Crippen molar-refractivity contribution < 1.29 is 39.6 Å². The molecule has 0 unspecified atom stereocenters. The van der Waals surface area contributed by atoms with Crippen LogP contribution in [0.15, 0.2) is 77.7 Å². The van der Waals surface area contributed by atoms with E-state index >= 15 is 0 Å². The van der Waals surface area contributed by atoms with Crippen molar-refractivity contribution in [3.8, 4) is 0 Å². The van der Waals surface area contributed by atoms with Crippen LogP contribution < -0.4 is 10.0 Å². The van der Waals surface area contributed by atoms with Crippen molar-refractivity contribution in [3.63, 3.8) is 0 Å². The van der Waals surface area contributed by atoms with Gasteiger partial charge in [-0.05, 0) is 54.6 Å². The number of nitrogens with one attached hydrogen (secondary N) is 2. The van der Waals surface area contributed by atoms with Gasteiger partial charge in [-0.2, -0.15) is 26.3 Å². The van der Waals surface area contributed by atoms with Gasteiger partial charge in [0.25, 0.3) is 15.9 Å². The average Bonchev–Trinajstić information content (AvgIpc) is 2.73. The first-order valence-corrected chi connectivity index (χ1v) is 10.5. The largest absolute Gasteiger partial charge is 0.417 e. The molecule has 5 nitrogen and oxygen atoms in total. The molecule has 0 aliphatic rings. The van der Waals surface area contributed by atoms with Crippen molar-refractivity contribution >= 4 is 27.3 Å². The first-order chi connectivity index (χ1) is 15.3. The molecule has 0 saturated heterocycles. The van der Waals surface area contributed by atoms with Gasteiger partial charge in [-0.15, -0.1) is 0 Å². The lowest BCUT2D eigenvalue weighted by atomic mass is 10.0. The van der Waals surface area contributed by atoms with Crippen molar-refractivity contribution in [1.29, 1.82) is 0 Å². The van der Waals surface area contributed by atoms with Crippen LogP contribution in [-0.4, -0.2) is 14.3 Å². The first kappa shape index (κ1) is 24.1. The van der Waals surface area contributed by atoms with Crippen LogP contribution in [0.4, 0.5) is 37.7 Å². The highest BCUT2D eigenvalue weighted by atomic mass is 32.2. The molecule has 174 valence electrons. The molecule has 0 aliphatic heterocycles. The van der Waals surface area contributed by atoms with Gasteiger partial charge in [0.2, 0.25) is 0 Å². The van der Waals surface area contributed by atoms with Gasteiger partial charge in [0.05, 0.1) is 21.6 Å². The molecular weight excluding hydrogens is 474 g/mol. The number of carbonyl (C=O) groups excluding carboxylic acids is 1. The molecule has 0 atom stereocenters. The Labute approximate surface area is 184 Å². The van der Waals surface area contributed by atoms with Crippen LogP contribution in [0.5, 0.6) is 0 Å². The number of hydrogen-bond acceptors (Lipinski definition) is 3. The molecule has 0 saturated carbocycles. The summed E-state index contributed by atoms with van der Waals surface area (Å²) >= 11 is 0. The minimum Gasteiger partial charge on any atom is -0.322 e. The van der Waals surface area contributed by atoms with Crippen LogP contribution in [0.2, 0.25) is 0 Å². The zero-order chi connectivity index (χ0) is 24.4. The molecule has 1 amide bonds. The zero-order valence-corrected chi connectivity index (χ0v) is 17.1. The molecule has 3 aromatic rings. The highest BCUT2D eigenvalue weighted by molar-refractivity contribution is 7.92. The van der Waals surface area contributed by atoms with Crippen LogP contribution in [-0.2, 0) is 22.4 Å². The Morgan fingerprint density at radius 1 is 0.727 bits per heavy atom. The summed E-state index contributed by atoms with van der Waals surface area (Å²) in [7, 11) is -3.97. The number of halogens is 6. The van der Waals surface area contributed by atoms with Crippen molar-refractivity contribution in [1.82, 2.24) is 0 Å². The van der Waals surface area contributed by atoms with Crippen molar-refractivity contribution in [3.05, 3.63) is 89.5 Å². The number of rotatable bonds is 5. The maximum Gasteiger partial charge on any atom is 0.417 e. The van der Waals surface area contributed by atoms with Gasteiger partial charge in [-0.1, -0.05) is 18.2 Å². The first-order valence-electron chi connectivity index (χ1n) is 9.05. The molecule has 2 N–H and O–H groups in total. The van der Waals surface area contributed by atoms with Gasteiger partial charge < -0.3 is 5.32 Å². The Hall–Kier alpha value is -3.54. The van der Waals surface area contributed by atoms with Gasteiger partial charge >= 0.3 is 12.4 Å². The second kappa shape index (κ2) is 8.77. The lowest BCUT2D eigenvalue weighted by Crippen LogP contribution is -2.20. The molecule has 0 fully saturated rings. The van der Waals surface area contributed by atoms with E-state index in [4.69, 9.17) is 0 Å². The third-order valence-corrected chi connectivity index (χ3v) is 5.74. The minimum atomic E-state index is -5.21. The summed E-state index contributed by atoms with van der Waals surface area (Å²) in [5.74, 6) is -1.31. The van der Waals surface area contributed by atoms with E-state index in [9.17, 15) is 39.6 Å². The van der Waals surface area contributed by atoms with E-state index in [1.807, 2.05) is 0 Å². The third kappa shape index (κ3) is 5.83. The Kier molecular flexibility index (Phi) is 6.41. The van der Waals surface area contributed by atoms with Gasteiger partial charge in [0.1, 0.15) is 0 Å². The Morgan fingerprint density at radius 2 is 1.33 bits per heavy atom. The van der Waals surface area contributed by atoms with Gasteiger partial charge in [-0.3, -0.25) is 9.52 Å². The van der Waals surface area contributed by atoms with E-state index in [0.29, 0.717) is 17.8 Å². The molecular formula is C21H14F6N2O3S. The molecule has 3 aromatic carbocycles. The lowest BCUT2D eigenvalue weighted by molar-refractivity contribution is -0.143. The van der Waals surface area contributed by atoms with E-state index in [-0.39, 0.29) is 16.6 Å². The van der Waals surface area contributed by atoms with Crippen LogP contribution in [0.3, 0.4) is 0 Å². The van der Waals surface area contributed by atoms with Gasteiger partial charge in [-0.25, -0.2) is 8.42 Å². The average molecular weight is 488 g/mol. The fourth-order valence-corrected chi connectivity index (χ4v) is 3.85. The topological polar surface area (TPSA) is 75.3 Å². The summed E-state index contributed by atoms with van der Waals surface area (Å²) in [6, 6.07) is 13.1. The normalized spacial score (nSPS) is 12.3. The maximum atomic E-state index is 13.3. The van der Waals surface area contributed by atoms with E-state index in [0.717, 1.165) is 24.3 Å². The predicted octanol–water partition coefficient (Wildman–Crippen LogP) is 5.78. The lowest BCUT2D eigenvalue weighted by Gasteiger charge is -2.16. The number of hydrogen-bond donors (Lipinski definition) is 2. The van der Waals surface area contributed by atoms with E-state index < -0.39 is 45.0 Å². The third-order valence-electron chi connectivity index (χ3n) is 4.35. The van der Waals surface area contributed by atoms with Crippen molar-refractivity contribution in [2.24, 2.45) is 0 Å². The predicted molar refractivity (Wildman–Crippen MR) is 108 cm³/mol. The number of benzene rings is 3. The minimum absolute atomic E-state index is 0.0633.